The van der Waals surface area contributed by atoms with Gasteiger partial charge in [-0.05, 0) is 30.7 Å². The van der Waals surface area contributed by atoms with Crippen LogP contribution in [0.1, 0.15) is 18.6 Å². The Labute approximate surface area is 184 Å². The van der Waals surface area contributed by atoms with E-state index in [4.69, 9.17) is 14.4 Å². The Morgan fingerprint density at radius 1 is 1.32 bits per heavy atom. The van der Waals surface area contributed by atoms with E-state index >= 15 is 0 Å². The molecule has 2 heterocycles. The molecule has 8 nitrogen and oxygen atoms in total. The summed E-state index contributed by atoms with van der Waals surface area (Å²) < 4.78 is 12.1. The number of furan rings is 1. The van der Waals surface area contributed by atoms with Gasteiger partial charge in [0.2, 0.25) is 5.91 Å². The van der Waals surface area contributed by atoms with Crippen LogP contribution in [0.25, 0.3) is 10.9 Å². The molecule has 0 aliphatic carbocycles. The molecule has 1 aromatic carbocycles. The van der Waals surface area contributed by atoms with Crippen molar-refractivity contribution in [3.05, 3.63) is 58.8 Å². The third-order valence-corrected chi connectivity index (χ3v) is 5.62. The van der Waals surface area contributed by atoms with Crippen LogP contribution in [0.15, 0.2) is 57.0 Å². The molecule has 0 spiro atoms. The first-order valence-corrected chi connectivity index (χ1v) is 10.9. The van der Waals surface area contributed by atoms with Gasteiger partial charge < -0.3 is 14.1 Å². The molecule has 31 heavy (non-hydrogen) atoms. The van der Waals surface area contributed by atoms with E-state index in [0.29, 0.717) is 54.5 Å². The first-order valence-electron chi connectivity index (χ1n) is 9.92. The minimum atomic E-state index is -0.150. The minimum Gasteiger partial charge on any atom is -0.467 e. The van der Waals surface area contributed by atoms with Gasteiger partial charge in [0, 0.05) is 26.8 Å². The highest BCUT2D eigenvalue weighted by Gasteiger charge is 2.18. The number of methoxy groups -OCH3 is 1. The quantitative estimate of drug-likeness (QED) is 0.257. The number of para-hydroxylation sites is 1. The smallest absolute Gasteiger partial charge is 0.262 e. The molecule has 0 aliphatic rings. The van der Waals surface area contributed by atoms with Crippen molar-refractivity contribution in [2.24, 2.45) is 0 Å². The highest BCUT2D eigenvalue weighted by molar-refractivity contribution is 7.99. The zero-order valence-corrected chi connectivity index (χ0v) is 18.1. The monoisotopic (exact) mass is 440 g/mol. The number of rotatable bonds is 11. The summed E-state index contributed by atoms with van der Waals surface area (Å²) in [6.07, 6.45) is 2.44. The molecule has 9 heteroatoms. The minimum absolute atomic E-state index is 0.0984. The van der Waals surface area contributed by atoms with Crippen LogP contribution in [-0.2, 0) is 22.6 Å². The molecule has 0 saturated carbocycles. The number of hydrogen-bond acceptors (Lipinski definition) is 7. The molecule has 3 aromatic rings. The van der Waals surface area contributed by atoms with Crippen LogP contribution in [0, 0.1) is 11.3 Å². The third-order valence-electron chi connectivity index (χ3n) is 4.65. The maximum absolute atomic E-state index is 13.0. The zero-order valence-electron chi connectivity index (χ0n) is 17.3. The van der Waals surface area contributed by atoms with Gasteiger partial charge in [-0.1, -0.05) is 23.9 Å². The second kappa shape index (κ2) is 11.3. The largest absolute Gasteiger partial charge is 0.467 e. The van der Waals surface area contributed by atoms with Crippen LogP contribution in [0.4, 0.5) is 0 Å². The fourth-order valence-electron chi connectivity index (χ4n) is 3.11. The number of nitrogens with zero attached hydrogens (tertiary/aromatic N) is 4. The van der Waals surface area contributed by atoms with Crippen molar-refractivity contribution in [2.75, 3.05) is 26.0 Å². The molecule has 0 N–H and O–H groups in total. The molecule has 0 bridgehead atoms. The number of hydrogen-bond donors (Lipinski definition) is 0. The van der Waals surface area contributed by atoms with Gasteiger partial charge in [0.25, 0.3) is 5.56 Å². The van der Waals surface area contributed by atoms with Gasteiger partial charge in [0.05, 0.1) is 42.0 Å². The number of carbonyl (C=O) groups excluding carboxylic acids is 1. The summed E-state index contributed by atoms with van der Waals surface area (Å²) in [5, 5.41) is 9.96. The zero-order chi connectivity index (χ0) is 22.1. The second-order valence-corrected chi connectivity index (χ2v) is 7.75. The van der Waals surface area contributed by atoms with E-state index < -0.39 is 0 Å². The molecule has 0 aliphatic heterocycles. The molecule has 0 atom stereocenters. The van der Waals surface area contributed by atoms with Gasteiger partial charge in [0.1, 0.15) is 5.76 Å². The van der Waals surface area contributed by atoms with Crippen molar-refractivity contribution < 1.29 is 13.9 Å². The number of carbonyl (C=O) groups is 1. The van der Waals surface area contributed by atoms with Gasteiger partial charge in [-0.15, -0.1) is 0 Å². The molecule has 3 rings (SSSR count). The first kappa shape index (κ1) is 22.6. The molecule has 0 unspecified atom stereocenters. The average Bonchev–Trinajstić information content (AvgIpc) is 3.30. The highest BCUT2D eigenvalue weighted by atomic mass is 32.2. The maximum Gasteiger partial charge on any atom is 0.262 e. The predicted octanol–water partition coefficient (Wildman–Crippen LogP) is 3.06. The lowest BCUT2D eigenvalue weighted by atomic mass is 10.2. The molecule has 0 saturated heterocycles. The lowest BCUT2D eigenvalue weighted by Crippen LogP contribution is -2.33. The Morgan fingerprint density at radius 2 is 2.16 bits per heavy atom. The average molecular weight is 441 g/mol. The van der Waals surface area contributed by atoms with E-state index in [-0.39, 0.29) is 23.6 Å². The Morgan fingerprint density at radius 3 is 2.90 bits per heavy atom. The van der Waals surface area contributed by atoms with E-state index in [0.717, 1.165) is 0 Å². The summed E-state index contributed by atoms with van der Waals surface area (Å²) >= 11 is 1.22. The molecule has 162 valence electrons. The maximum atomic E-state index is 13.0. The van der Waals surface area contributed by atoms with Crippen molar-refractivity contribution in [2.45, 2.75) is 31.1 Å². The molecule has 0 fully saturated rings. The van der Waals surface area contributed by atoms with E-state index in [2.05, 4.69) is 11.1 Å². The summed E-state index contributed by atoms with van der Waals surface area (Å²) in [4.78, 5) is 32.1. The summed E-state index contributed by atoms with van der Waals surface area (Å²) in [5.41, 5.74) is 0.468. The van der Waals surface area contributed by atoms with Crippen LogP contribution in [0.5, 0.6) is 0 Å². The summed E-state index contributed by atoms with van der Waals surface area (Å²) in [7, 11) is 1.62. The summed E-state index contributed by atoms with van der Waals surface area (Å²) in [5.74, 6) is 0.598. The Kier molecular flexibility index (Phi) is 8.27. The van der Waals surface area contributed by atoms with Crippen LogP contribution >= 0.6 is 11.8 Å². The number of nitriles is 1. The van der Waals surface area contributed by atoms with Gasteiger partial charge in [0.15, 0.2) is 5.16 Å². The highest BCUT2D eigenvalue weighted by Crippen LogP contribution is 2.19. The third kappa shape index (κ3) is 5.96. The van der Waals surface area contributed by atoms with E-state index in [1.807, 2.05) is 12.1 Å². The fourth-order valence-corrected chi connectivity index (χ4v) is 4.04. The SMILES string of the molecule is COCCCn1c(SCC(=O)N(CCC#N)Cc2ccco2)nc2ccccc2c1=O. The number of ether oxygens (including phenoxy) is 1. The van der Waals surface area contributed by atoms with Gasteiger partial charge >= 0.3 is 0 Å². The van der Waals surface area contributed by atoms with Crippen molar-refractivity contribution in [1.29, 1.82) is 5.26 Å². The van der Waals surface area contributed by atoms with Gasteiger partial charge in [-0.3, -0.25) is 14.2 Å². The standard InChI is InChI=1S/C22H24N4O4S/c1-29-13-6-12-26-21(28)18-8-2-3-9-19(18)24-22(26)31-16-20(27)25(11-5-10-23)15-17-7-4-14-30-17/h2-4,7-9,14H,5-6,11-13,15-16H2,1H3. The number of thioether (sulfide) groups is 1. The normalized spacial score (nSPS) is 10.8. The number of benzene rings is 1. The lowest BCUT2D eigenvalue weighted by molar-refractivity contribution is -0.129. The Hall–Kier alpha value is -3.09. The fraction of sp³-hybridized carbons (Fsp3) is 0.364. The first-order chi connectivity index (χ1) is 15.1. The summed E-state index contributed by atoms with van der Waals surface area (Å²) in [6, 6.07) is 12.8. The van der Waals surface area contributed by atoms with Crippen molar-refractivity contribution in [3.63, 3.8) is 0 Å². The van der Waals surface area contributed by atoms with Crippen molar-refractivity contribution >= 4 is 28.6 Å². The van der Waals surface area contributed by atoms with Crippen LogP contribution in [0.3, 0.4) is 0 Å². The number of aromatic nitrogens is 2. The van der Waals surface area contributed by atoms with E-state index in [1.54, 1.807) is 47.1 Å². The predicted molar refractivity (Wildman–Crippen MR) is 118 cm³/mol. The number of fused-ring (bicyclic) bond motifs is 1. The molecule has 1 amide bonds. The second-order valence-electron chi connectivity index (χ2n) is 6.81. The van der Waals surface area contributed by atoms with Crippen LogP contribution in [0.2, 0.25) is 0 Å². The lowest BCUT2D eigenvalue weighted by Gasteiger charge is -2.20. The van der Waals surface area contributed by atoms with Crippen LogP contribution in [-0.4, -0.2) is 46.4 Å². The molecular formula is C22H24N4O4S. The molecule has 0 radical (unpaired) electrons. The van der Waals surface area contributed by atoms with Gasteiger partial charge in [-0.2, -0.15) is 5.26 Å². The van der Waals surface area contributed by atoms with E-state index in [1.165, 1.54) is 11.8 Å². The van der Waals surface area contributed by atoms with Crippen molar-refractivity contribution in [3.8, 4) is 6.07 Å². The topological polar surface area (TPSA) is 101 Å². The van der Waals surface area contributed by atoms with E-state index in [9.17, 15) is 9.59 Å². The Balaban J connectivity index is 1.80. The Bertz CT molecular complexity index is 1100. The van der Waals surface area contributed by atoms with Crippen LogP contribution < -0.4 is 5.56 Å². The molecular weight excluding hydrogens is 416 g/mol. The van der Waals surface area contributed by atoms with Crippen molar-refractivity contribution in [1.82, 2.24) is 14.5 Å². The summed E-state index contributed by atoms with van der Waals surface area (Å²) in [6.45, 7) is 1.57. The van der Waals surface area contributed by atoms with Gasteiger partial charge in [-0.25, -0.2) is 4.98 Å². The molecule has 2 aromatic heterocycles. The number of amides is 1.